The van der Waals surface area contributed by atoms with Crippen molar-refractivity contribution >= 4 is 41.0 Å². The van der Waals surface area contributed by atoms with Crippen molar-refractivity contribution in [2.75, 3.05) is 4.90 Å². The number of fused-ring (bicyclic) bond motifs is 8. The van der Waals surface area contributed by atoms with E-state index in [-0.39, 0.29) is 35.5 Å². The van der Waals surface area contributed by atoms with Gasteiger partial charge in [0.05, 0.1) is 17.5 Å². The van der Waals surface area contributed by atoms with Gasteiger partial charge in [0.15, 0.2) is 0 Å². The molecule has 2 bridgehead atoms. The number of amides is 2. The van der Waals surface area contributed by atoms with Gasteiger partial charge in [-0.05, 0) is 64.8 Å². The number of nitrogens with zero attached hydrogens (tertiary/aromatic N) is 1. The molecule has 3 aromatic rings. The zero-order chi connectivity index (χ0) is 26.4. The number of rotatable bonds is 3. The Hall–Kier alpha value is -3.02. The van der Waals surface area contributed by atoms with E-state index in [2.05, 4.69) is 68.1 Å². The minimum absolute atomic E-state index is 0.0133. The van der Waals surface area contributed by atoms with Crippen LogP contribution in [0.15, 0.2) is 100 Å². The molecule has 0 unspecified atom stereocenters. The summed E-state index contributed by atoms with van der Waals surface area (Å²) in [6.45, 7) is 6.39. The Balaban J connectivity index is 1.14. The van der Waals surface area contributed by atoms with Gasteiger partial charge in [0.2, 0.25) is 11.8 Å². The van der Waals surface area contributed by atoms with Crippen molar-refractivity contribution in [3.8, 4) is 11.1 Å². The topological polar surface area (TPSA) is 37.4 Å². The average molecular weight is 548 g/mol. The van der Waals surface area contributed by atoms with Crippen LogP contribution in [0.25, 0.3) is 11.1 Å². The number of anilines is 1. The fourth-order valence-electron chi connectivity index (χ4n) is 8.19. The molecule has 3 fully saturated rings. The molecule has 194 valence electrons. The molecule has 2 saturated carbocycles. The third kappa shape index (κ3) is 3.45. The lowest BCUT2D eigenvalue weighted by Crippen LogP contribution is -2.42. The lowest BCUT2D eigenvalue weighted by molar-refractivity contribution is -0.123. The Morgan fingerprint density at radius 1 is 0.846 bits per heavy atom. The molecule has 0 aromatic heterocycles. The third-order valence-electron chi connectivity index (χ3n) is 9.63. The number of hydrogen-bond donors (Lipinski definition) is 0. The summed E-state index contributed by atoms with van der Waals surface area (Å²) in [5.41, 5.74) is 5.49. The molecule has 8 rings (SSSR count). The number of hydrogen-bond acceptors (Lipinski definition) is 4. The molecule has 3 aliphatic heterocycles. The summed E-state index contributed by atoms with van der Waals surface area (Å²) >= 11 is 3.86. The van der Waals surface area contributed by atoms with Gasteiger partial charge in [0.25, 0.3) is 0 Å². The van der Waals surface area contributed by atoms with E-state index in [0.717, 1.165) is 24.0 Å². The smallest absolute Gasteiger partial charge is 0.238 e. The van der Waals surface area contributed by atoms with Crippen molar-refractivity contribution in [2.24, 2.45) is 29.6 Å². The maximum absolute atomic E-state index is 14.1. The van der Waals surface area contributed by atoms with Crippen LogP contribution in [-0.2, 0) is 9.59 Å². The number of aryl methyl sites for hydroxylation is 1. The lowest BCUT2D eigenvalue weighted by atomic mass is 9.68. The Morgan fingerprint density at radius 2 is 1.59 bits per heavy atom. The first-order valence-electron chi connectivity index (χ1n) is 13.8. The van der Waals surface area contributed by atoms with E-state index in [4.69, 9.17) is 0 Å². The molecule has 1 saturated heterocycles. The molecule has 0 N–H and O–H groups in total. The molecule has 0 radical (unpaired) electrons. The first-order chi connectivity index (χ1) is 19.0. The SMILES string of the molecule is C=C1CC2=C(S1)[C@H](c1ccccc1)[C@H]1[C@H]3C[C@@H]([C@H]1S2)[C@H]1C(=O)N(c2ccc(-c4cccc(C)c4)cc2)C(=O)[C@@H]31. The van der Waals surface area contributed by atoms with Gasteiger partial charge in [0, 0.05) is 27.4 Å². The second kappa shape index (κ2) is 8.74. The van der Waals surface area contributed by atoms with E-state index in [1.807, 2.05) is 47.8 Å². The van der Waals surface area contributed by atoms with E-state index < -0.39 is 0 Å². The van der Waals surface area contributed by atoms with Gasteiger partial charge in [-0.25, -0.2) is 0 Å². The van der Waals surface area contributed by atoms with Crippen molar-refractivity contribution in [3.05, 3.63) is 111 Å². The zero-order valence-electron chi connectivity index (χ0n) is 21.7. The van der Waals surface area contributed by atoms with Gasteiger partial charge in [-0.2, -0.15) is 0 Å². The highest BCUT2D eigenvalue weighted by Crippen LogP contribution is 2.71. The maximum Gasteiger partial charge on any atom is 0.238 e. The van der Waals surface area contributed by atoms with Crippen LogP contribution >= 0.6 is 23.5 Å². The summed E-state index contributed by atoms with van der Waals surface area (Å²) in [7, 11) is 0. The van der Waals surface area contributed by atoms with Crippen LogP contribution in [-0.4, -0.2) is 17.1 Å². The third-order valence-corrected chi connectivity index (χ3v) is 12.5. The standard InChI is InChI=1S/C34H29NO2S2/c1-18-7-6-10-22(15-18)20-11-13-23(14-12-20)35-33(36)29-24-17-25(30(29)34(35)37)31-28(24)27(21-8-4-3-5-9-21)32-26(39-31)16-19(2)38-32/h3-15,24-25,27-31H,2,16-17H2,1H3/t24-,25-,27-,28-,29+,30-,31-/m1/s1. The minimum atomic E-state index is -0.205. The Morgan fingerprint density at radius 3 is 2.33 bits per heavy atom. The van der Waals surface area contributed by atoms with Crippen LogP contribution < -0.4 is 4.90 Å². The molecule has 3 heterocycles. The number of allylic oxidation sites excluding steroid dienone is 3. The molecule has 2 aliphatic carbocycles. The molecule has 2 amide bonds. The highest BCUT2D eigenvalue weighted by molar-refractivity contribution is 8.10. The molecular weight excluding hydrogens is 519 g/mol. The predicted octanol–water partition coefficient (Wildman–Crippen LogP) is 7.79. The summed E-state index contributed by atoms with van der Waals surface area (Å²) in [6.07, 6.45) is 1.93. The monoisotopic (exact) mass is 547 g/mol. The number of carbonyl (C=O) groups excluding carboxylic acids is 2. The molecule has 0 spiro atoms. The quantitative estimate of drug-likeness (QED) is 0.314. The van der Waals surface area contributed by atoms with E-state index in [1.165, 1.54) is 30.7 Å². The summed E-state index contributed by atoms with van der Waals surface area (Å²) in [6, 6.07) is 27.2. The van der Waals surface area contributed by atoms with Crippen molar-refractivity contribution in [3.63, 3.8) is 0 Å². The van der Waals surface area contributed by atoms with Crippen molar-refractivity contribution in [1.82, 2.24) is 0 Å². The number of carbonyl (C=O) groups is 2. The molecular formula is C34H29NO2S2. The fourth-order valence-corrected chi connectivity index (χ4v) is 11.5. The Kier molecular flexibility index (Phi) is 5.34. The van der Waals surface area contributed by atoms with Crippen LogP contribution in [0.2, 0.25) is 0 Å². The number of imide groups is 1. The van der Waals surface area contributed by atoms with Crippen LogP contribution in [0.3, 0.4) is 0 Å². The van der Waals surface area contributed by atoms with Crippen LogP contribution in [0.1, 0.15) is 29.9 Å². The lowest BCUT2D eigenvalue weighted by Gasteiger charge is -2.44. The van der Waals surface area contributed by atoms with Crippen molar-refractivity contribution in [1.29, 1.82) is 0 Å². The number of thioether (sulfide) groups is 2. The van der Waals surface area contributed by atoms with Crippen LogP contribution in [0.4, 0.5) is 5.69 Å². The minimum Gasteiger partial charge on any atom is -0.274 e. The predicted molar refractivity (Wildman–Crippen MR) is 160 cm³/mol. The van der Waals surface area contributed by atoms with E-state index in [0.29, 0.717) is 22.8 Å². The summed E-state index contributed by atoms with van der Waals surface area (Å²) < 4.78 is 0. The molecule has 39 heavy (non-hydrogen) atoms. The molecule has 3 aromatic carbocycles. The highest BCUT2D eigenvalue weighted by Gasteiger charge is 2.69. The summed E-state index contributed by atoms with van der Waals surface area (Å²) in [4.78, 5) is 33.6. The average Bonchev–Trinajstić information content (AvgIpc) is 3.68. The van der Waals surface area contributed by atoms with Gasteiger partial charge in [-0.3, -0.25) is 14.5 Å². The largest absolute Gasteiger partial charge is 0.274 e. The molecule has 7 atom stereocenters. The van der Waals surface area contributed by atoms with Crippen molar-refractivity contribution in [2.45, 2.75) is 30.9 Å². The summed E-state index contributed by atoms with van der Waals surface area (Å²) in [5.74, 6) is 0.786. The zero-order valence-corrected chi connectivity index (χ0v) is 23.4. The molecule has 3 nitrogen and oxygen atoms in total. The first-order valence-corrected chi connectivity index (χ1v) is 15.5. The van der Waals surface area contributed by atoms with E-state index in [9.17, 15) is 9.59 Å². The van der Waals surface area contributed by atoms with E-state index >= 15 is 0 Å². The van der Waals surface area contributed by atoms with Gasteiger partial charge < -0.3 is 0 Å². The van der Waals surface area contributed by atoms with E-state index in [1.54, 1.807) is 0 Å². The second-order valence-corrected chi connectivity index (χ2v) is 14.2. The maximum atomic E-state index is 14.1. The van der Waals surface area contributed by atoms with Gasteiger partial charge in [-0.15, -0.1) is 11.8 Å². The Bertz CT molecular complexity index is 1580. The fraction of sp³-hybridized carbons (Fsp3) is 0.294. The number of benzene rings is 3. The molecule has 5 heteroatoms. The van der Waals surface area contributed by atoms with Crippen LogP contribution in [0.5, 0.6) is 0 Å². The highest BCUT2D eigenvalue weighted by atomic mass is 32.2. The van der Waals surface area contributed by atoms with Gasteiger partial charge in [-0.1, -0.05) is 90.6 Å². The van der Waals surface area contributed by atoms with Gasteiger partial charge in [0.1, 0.15) is 0 Å². The molecule has 5 aliphatic rings. The first kappa shape index (κ1) is 23.8. The van der Waals surface area contributed by atoms with Crippen LogP contribution in [0, 0.1) is 36.5 Å². The second-order valence-electron chi connectivity index (χ2n) is 11.7. The van der Waals surface area contributed by atoms with Gasteiger partial charge >= 0.3 is 0 Å². The normalized spacial score (nSPS) is 32.6. The summed E-state index contributed by atoms with van der Waals surface area (Å²) in [5, 5.41) is 0.382. The van der Waals surface area contributed by atoms with Crippen molar-refractivity contribution < 1.29 is 9.59 Å². The Labute approximate surface area is 237 Å².